The predicted octanol–water partition coefficient (Wildman–Crippen LogP) is 1.80. The standard InChI is InChI=1S/C7H10N2S/c1-5-8-9-7(10-5)4-6-2-3-6/h6H,2-4H2,1H3. The van der Waals surface area contributed by atoms with Crippen molar-refractivity contribution in [1.82, 2.24) is 10.2 Å². The molecule has 0 amide bonds. The summed E-state index contributed by atoms with van der Waals surface area (Å²) in [6, 6.07) is 0. The molecular formula is C7H10N2S. The van der Waals surface area contributed by atoms with Crippen LogP contribution in [0.15, 0.2) is 0 Å². The van der Waals surface area contributed by atoms with Crippen LogP contribution < -0.4 is 0 Å². The Morgan fingerprint density at radius 1 is 1.50 bits per heavy atom. The summed E-state index contributed by atoms with van der Waals surface area (Å²) in [5.74, 6) is 0.937. The number of aromatic nitrogens is 2. The lowest BCUT2D eigenvalue weighted by Gasteiger charge is -1.85. The summed E-state index contributed by atoms with van der Waals surface area (Å²) in [6.07, 6.45) is 3.97. The molecule has 3 heteroatoms. The minimum atomic E-state index is 0.937. The zero-order valence-electron chi connectivity index (χ0n) is 6.00. The Hall–Kier alpha value is -0.440. The van der Waals surface area contributed by atoms with Crippen LogP contribution in [0.3, 0.4) is 0 Å². The molecule has 0 saturated heterocycles. The van der Waals surface area contributed by atoms with Crippen molar-refractivity contribution in [3.05, 3.63) is 10.0 Å². The van der Waals surface area contributed by atoms with Gasteiger partial charge in [-0.2, -0.15) is 0 Å². The van der Waals surface area contributed by atoms with E-state index in [1.807, 2.05) is 6.92 Å². The first-order valence-corrected chi connectivity index (χ1v) is 4.45. The summed E-state index contributed by atoms with van der Waals surface area (Å²) in [5, 5.41) is 10.3. The van der Waals surface area contributed by atoms with E-state index in [9.17, 15) is 0 Å². The Kier molecular flexibility index (Phi) is 1.45. The first-order valence-electron chi connectivity index (χ1n) is 3.63. The van der Waals surface area contributed by atoms with Crippen LogP contribution in [0.1, 0.15) is 22.9 Å². The Morgan fingerprint density at radius 2 is 2.30 bits per heavy atom. The van der Waals surface area contributed by atoms with E-state index in [1.54, 1.807) is 11.3 Å². The van der Waals surface area contributed by atoms with Crippen molar-refractivity contribution in [2.75, 3.05) is 0 Å². The van der Waals surface area contributed by atoms with E-state index in [-0.39, 0.29) is 0 Å². The Balaban J connectivity index is 2.03. The molecule has 0 spiro atoms. The quantitative estimate of drug-likeness (QED) is 0.649. The molecule has 1 heterocycles. The molecule has 1 fully saturated rings. The Bertz CT molecular complexity index is 227. The molecule has 1 aromatic heterocycles. The van der Waals surface area contributed by atoms with Crippen molar-refractivity contribution in [2.24, 2.45) is 5.92 Å². The van der Waals surface area contributed by atoms with Gasteiger partial charge in [0.2, 0.25) is 0 Å². The smallest absolute Gasteiger partial charge is 0.117 e. The van der Waals surface area contributed by atoms with Crippen LogP contribution in [0.2, 0.25) is 0 Å². The monoisotopic (exact) mass is 154 g/mol. The molecule has 2 nitrogen and oxygen atoms in total. The van der Waals surface area contributed by atoms with E-state index < -0.39 is 0 Å². The molecule has 10 heavy (non-hydrogen) atoms. The second kappa shape index (κ2) is 2.31. The Labute approximate surface area is 64.3 Å². The summed E-state index contributed by atoms with van der Waals surface area (Å²) >= 11 is 1.73. The number of rotatable bonds is 2. The lowest BCUT2D eigenvalue weighted by atomic mass is 10.3. The van der Waals surface area contributed by atoms with Crippen molar-refractivity contribution in [1.29, 1.82) is 0 Å². The van der Waals surface area contributed by atoms with Crippen LogP contribution in [0.25, 0.3) is 0 Å². The molecule has 0 radical (unpaired) electrons. The molecule has 0 aromatic carbocycles. The van der Waals surface area contributed by atoms with Crippen LogP contribution in [0.4, 0.5) is 0 Å². The van der Waals surface area contributed by atoms with Crippen LogP contribution in [0, 0.1) is 12.8 Å². The average molecular weight is 154 g/mol. The second-order valence-electron chi connectivity index (χ2n) is 2.86. The van der Waals surface area contributed by atoms with E-state index in [4.69, 9.17) is 0 Å². The third-order valence-electron chi connectivity index (χ3n) is 1.73. The molecule has 1 aliphatic carbocycles. The third kappa shape index (κ3) is 1.34. The van der Waals surface area contributed by atoms with E-state index in [0.29, 0.717) is 0 Å². The summed E-state index contributed by atoms with van der Waals surface area (Å²) in [6.45, 7) is 2.01. The fourth-order valence-electron chi connectivity index (χ4n) is 0.989. The molecule has 54 valence electrons. The molecule has 1 aliphatic rings. The first kappa shape index (κ1) is 6.28. The van der Waals surface area contributed by atoms with Crippen molar-refractivity contribution in [3.8, 4) is 0 Å². The highest BCUT2D eigenvalue weighted by Crippen LogP contribution is 2.33. The fraction of sp³-hybridized carbons (Fsp3) is 0.714. The molecule has 0 atom stereocenters. The zero-order chi connectivity index (χ0) is 6.97. The van der Waals surface area contributed by atoms with E-state index in [1.165, 1.54) is 24.3 Å². The van der Waals surface area contributed by atoms with Gasteiger partial charge in [0.05, 0.1) is 0 Å². The van der Waals surface area contributed by atoms with Crippen molar-refractivity contribution < 1.29 is 0 Å². The summed E-state index contributed by atoms with van der Waals surface area (Å²) in [4.78, 5) is 0. The first-order chi connectivity index (χ1) is 4.84. The van der Waals surface area contributed by atoms with Gasteiger partial charge in [-0.25, -0.2) is 0 Å². The maximum Gasteiger partial charge on any atom is 0.117 e. The lowest BCUT2D eigenvalue weighted by molar-refractivity contribution is 0.805. The number of hydrogen-bond acceptors (Lipinski definition) is 3. The van der Waals surface area contributed by atoms with Crippen LogP contribution in [-0.4, -0.2) is 10.2 Å². The third-order valence-corrected chi connectivity index (χ3v) is 2.59. The molecule has 0 unspecified atom stereocenters. The molecule has 1 saturated carbocycles. The fourth-order valence-corrected chi connectivity index (χ4v) is 1.81. The van der Waals surface area contributed by atoms with Crippen molar-refractivity contribution in [2.45, 2.75) is 26.2 Å². The van der Waals surface area contributed by atoms with Gasteiger partial charge in [-0.05, 0) is 25.7 Å². The number of aryl methyl sites for hydroxylation is 1. The van der Waals surface area contributed by atoms with E-state index >= 15 is 0 Å². The van der Waals surface area contributed by atoms with Crippen LogP contribution in [0.5, 0.6) is 0 Å². The number of nitrogens with zero attached hydrogens (tertiary/aromatic N) is 2. The zero-order valence-corrected chi connectivity index (χ0v) is 6.82. The summed E-state index contributed by atoms with van der Waals surface area (Å²) in [5.41, 5.74) is 0. The topological polar surface area (TPSA) is 25.8 Å². The van der Waals surface area contributed by atoms with Gasteiger partial charge in [-0.1, -0.05) is 0 Å². The van der Waals surface area contributed by atoms with Crippen molar-refractivity contribution >= 4 is 11.3 Å². The highest BCUT2D eigenvalue weighted by Gasteiger charge is 2.22. The average Bonchev–Trinajstić information content (AvgIpc) is 2.59. The maximum absolute atomic E-state index is 4.06. The summed E-state index contributed by atoms with van der Waals surface area (Å²) < 4.78 is 0. The molecule has 0 aliphatic heterocycles. The van der Waals surface area contributed by atoms with Gasteiger partial charge in [0.15, 0.2) is 0 Å². The molecule has 2 rings (SSSR count). The largest absolute Gasteiger partial charge is 0.144 e. The highest BCUT2D eigenvalue weighted by molar-refractivity contribution is 7.11. The van der Waals surface area contributed by atoms with E-state index in [2.05, 4.69) is 10.2 Å². The van der Waals surface area contributed by atoms with Gasteiger partial charge in [0, 0.05) is 6.42 Å². The molecule has 0 bridgehead atoms. The van der Waals surface area contributed by atoms with Gasteiger partial charge in [0.1, 0.15) is 10.0 Å². The maximum atomic E-state index is 4.06. The lowest BCUT2D eigenvalue weighted by Crippen LogP contribution is -1.84. The number of hydrogen-bond donors (Lipinski definition) is 0. The Morgan fingerprint density at radius 3 is 2.80 bits per heavy atom. The van der Waals surface area contributed by atoms with E-state index in [0.717, 1.165) is 10.9 Å². The van der Waals surface area contributed by atoms with Gasteiger partial charge < -0.3 is 0 Å². The molecular weight excluding hydrogens is 144 g/mol. The minimum Gasteiger partial charge on any atom is -0.144 e. The SMILES string of the molecule is Cc1nnc(CC2CC2)s1. The van der Waals surface area contributed by atoms with Crippen molar-refractivity contribution in [3.63, 3.8) is 0 Å². The van der Waals surface area contributed by atoms with Crippen LogP contribution in [-0.2, 0) is 6.42 Å². The second-order valence-corrected chi connectivity index (χ2v) is 4.13. The van der Waals surface area contributed by atoms with Gasteiger partial charge in [-0.3, -0.25) is 0 Å². The highest BCUT2D eigenvalue weighted by atomic mass is 32.1. The normalized spacial score (nSPS) is 17.7. The van der Waals surface area contributed by atoms with Gasteiger partial charge in [-0.15, -0.1) is 21.5 Å². The van der Waals surface area contributed by atoms with Gasteiger partial charge >= 0.3 is 0 Å². The molecule has 1 aromatic rings. The predicted molar refractivity (Wildman–Crippen MR) is 41.1 cm³/mol. The summed E-state index contributed by atoms with van der Waals surface area (Å²) in [7, 11) is 0. The van der Waals surface area contributed by atoms with Crippen LogP contribution >= 0.6 is 11.3 Å². The molecule has 0 N–H and O–H groups in total. The minimum absolute atomic E-state index is 0.937. The van der Waals surface area contributed by atoms with Gasteiger partial charge in [0.25, 0.3) is 0 Å².